The van der Waals surface area contributed by atoms with Crippen LogP contribution in [-0.2, 0) is 17.7 Å². The minimum Gasteiger partial charge on any atom is -0.374 e. The summed E-state index contributed by atoms with van der Waals surface area (Å²) >= 11 is 6.10. The number of halogens is 1. The monoisotopic (exact) mass is 269 g/mol. The Morgan fingerprint density at radius 3 is 3.06 bits per heavy atom. The molecule has 2 atom stereocenters. The van der Waals surface area contributed by atoms with Gasteiger partial charge in [0.1, 0.15) is 5.82 Å². The Bertz CT molecular complexity index is 446. The van der Waals surface area contributed by atoms with Crippen LogP contribution in [-0.4, -0.2) is 35.1 Å². The first-order valence-corrected chi connectivity index (χ1v) is 7.22. The van der Waals surface area contributed by atoms with E-state index in [1.807, 2.05) is 18.7 Å². The molecule has 1 aliphatic heterocycles. The lowest BCUT2D eigenvalue weighted by molar-refractivity contribution is 0.0250. The molecule has 0 amide bonds. The van der Waals surface area contributed by atoms with Gasteiger partial charge < -0.3 is 9.64 Å². The van der Waals surface area contributed by atoms with E-state index in [9.17, 15) is 0 Å². The van der Waals surface area contributed by atoms with Gasteiger partial charge in [-0.25, -0.2) is 0 Å². The van der Waals surface area contributed by atoms with Gasteiger partial charge in [-0.3, -0.25) is 4.68 Å². The smallest absolute Gasteiger partial charge is 0.131 e. The Labute approximate surface area is 113 Å². The van der Waals surface area contributed by atoms with Gasteiger partial charge in [-0.05, 0) is 26.2 Å². The van der Waals surface area contributed by atoms with Crippen molar-refractivity contribution in [2.75, 3.05) is 18.1 Å². The molecule has 1 saturated heterocycles. The zero-order chi connectivity index (χ0) is 12.7. The van der Waals surface area contributed by atoms with E-state index in [4.69, 9.17) is 16.3 Å². The van der Waals surface area contributed by atoms with E-state index < -0.39 is 0 Å². The normalized spacial score (nSPS) is 27.6. The largest absolute Gasteiger partial charge is 0.374 e. The Kier molecular flexibility index (Phi) is 3.24. The van der Waals surface area contributed by atoms with Gasteiger partial charge in [0.2, 0.25) is 0 Å². The fraction of sp³-hybridized carbons (Fsp3) is 0.769. The molecule has 2 unspecified atom stereocenters. The molecule has 0 radical (unpaired) electrons. The van der Waals surface area contributed by atoms with Gasteiger partial charge in [0.25, 0.3) is 0 Å². The number of nitrogens with zero attached hydrogens (tertiary/aromatic N) is 3. The van der Waals surface area contributed by atoms with Crippen LogP contribution in [0.25, 0.3) is 0 Å². The van der Waals surface area contributed by atoms with Crippen molar-refractivity contribution in [2.24, 2.45) is 7.05 Å². The van der Waals surface area contributed by atoms with Gasteiger partial charge in [-0.15, -0.1) is 11.6 Å². The van der Waals surface area contributed by atoms with Crippen LogP contribution in [0.5, 0.6) is 0 Å². The maximum Gasteiger partial charge on any atom is 0.131 e. The highest BCUT2D eigenvalue weighted by Gasteiger charge is 2.38. The number of alkyl halides is 1. The van der Waals surface area contributed by atoms with Crippen molar-refractivity contribution >= 4 is 17.4 Å². The molecule has 18 heavy (non-hydrogen) atoms. The lowest BCUT2D eigenvalue weighted by atomic mass is 10.1. The second-order valence-electron chi connectivity index (χ2n) is 5.25. The molecular weight excluding hydrogens is 250 g/mol. The van der Waals surface area contributed by atoms with E-state index in [1.165, 1.54) is 30.6 Å². The summed E-state index contributed by atoms with van der Waals surface area (Å²) < 4.78 is 7.85. The second-order valence-corrected chi connectivity index (χ2v) is 5.51. The molecule has 5 heteroatoms. The van der Waals surface area contributed by atoms with Gasteiger partial charge in [0.05, 0.1) is 30.3 Å². The molecule has 2 aliphatic rings. The third kappa shape index (κ3) is 1.82. The number of morpholine rings is 1. The van der Waals surface area contributed by atoms with Crippen molar-refractivity contribution in [3.05, 3.63) is 11.3 Å². The standard InChI is InChI=1S/C13H20ClN3O/c1-9-10(8-14)13(16(2)15-9)17-6-7-18-12-5-3-4-11(12)17/h11-12H,3-8H2,1-2H3. The van der Waals surface area contributed by atoms with Crippen LogP contribution in [0.2, 0.25) is 0 Å². The van der Waals surface area contributed by atoms with Crippen LogP contribution >= 0.6 is 11.6 Å². The van der Waals surface area contributed by atoms with Gasteiger partial charge in [-0.2, -0.15) is 5.10 Å². The van der Waals surface area contributed by atoms with E-state index in [0.717, 1.165) is 18.8 Å². The van der Waals surface area contributed by atoms with E-state index in [1.54, 1.807) is 0 Å². The fourth-order valence-electron chi connectivity index (χ4n) is 3.39. The summed E-state index contributed by atoms with van der Waals surface area (Å²) in [5.74, 6) is 1.73. The van der Waals surface area contributed by atoms with Crippen LogP contribution in [0, 0.1) is 6.92 Å². The molecule has 0 bridgehead atoms. The Morgan fingerprint density at radius 1 is 1.44 bits per heavy atom. The van der Waals surface area contributed by atoms with Gasteiger partial charge >= 0.3 is 0 Å². The Hall–Kier alpha value is -0.740. The number of aryl methyl sites for hydroxylation is 2. The molecule has 1 aliphatic carbocycles. The number of fused-ring (bicyclic) bond motifs is 1. The Balaban J connectivity index is 1.98. The summed E-state index contributed by atoms with van der Waals surface area (Å²) in [4.78, 5) is 2.47. The van der Waals surface area contributed by atoms with Gasteiger partial charge in [0.15, 0.2) is 0 Å². The van der Waals surface area contributed by atoms with Crippen molar-refractivity contribution in [1.29, 1.82) is 0 Å². The van der Waals surface area contributed by atoms with Crippen molar-refractivity contribution in [3.8, 4) is 0 Å². The summed E-state index contributed by atoms with van der Waals surface area (Å²) in [5, 5.41) is 4.52. The first-order chi connectivity index (χ1) is 8.72. The van der Waals surface area contributed by atoms with Crippen molar-refractivity contribution in [3.63, 3.8) is 0 Å². The van der Waals surface area contributed by atoms with Crippen LogP contribution in [0.3, 0.4) is 0 Å². The van der Waals surface area contributed by atoms with Crippen LogP contribution in [0.15, 0.2) is 0 Å². The third-order valence-corrected chi connectivity index (χ3v) is 4.47. The zero-order valence-electron chi connectivity index (χ0n) is 11.0. The number of ether oxygens (including phenoxy) is 1. The summed E-state index contributed by atoms with van der Waals surface area (Å²) in [6.45, 7) is 3.80. The molecule has 1 aromatic rings. The SMILES string of the molecule is Cc1nn(C)c(N2CCOC3CCCC32)c1CCl. The number of aromatic nitrogens is 2. The minimum atomic E-state index is 0.400. The number of hydrogen-bond acceptors (Lipinski definition) is 3. The molecule has 0 aromatic carbocycles. The minimum absolute atomic E-state index is 0.400. The average molecular weight is 270 g/mol. The maximum atomic E-state index is 6.10. The highest BCUT2D eigenvalue weighted by atomic mass is 35.5. The van der Waals surface area contributed by atoms with E-state index in [2.05, 4.69) is 10.00 Å². The summed E-state index contributed by atoms with van der Waals surface area (Å²) in [7, 11) is 2.01. The van der Waals surface area contributed by atoms with Gasteiger partial charge in [0, 0.05) is 19.2 Å². The van der Waals surface area contributed by atoms with E-state index in [0.29, 0.717) is 18.0 Å². The molecule has 1 saturated carbocycles. The quantitative estimate of drug-likeness (QED) is 0.772. The molecule has 3 rings (SSSR count). The first-order valence-electron chi connectivity index (χ1n) is 6.69. The van der Waals surface area contributed by atoms with Gasteiger partial charge in [-0.1, -0.05) is 0 Å². The molecule has 100 valence electrons. The highest BCUT2D eigenvalue weighted by molar-refractivity contribution is 6.17. The molecular formula is C13H20ClN3O. The number of hydrogen-bond donors (Lipinski definition) is 0. The topological polar surface area (TPSA) is 30.3 Å². The van der Waals surface area contributed by atoms with Crippen LogP contribution in [0.4, 0.5) is 5.82 Å². The summed E-state index contributed by atoms with van der Waals surface area (Å²) in [6, 6.07) is 0.510. The molecule has 0 N–H and O–H groups in total. The predicted octanol–water partition coefficient (Wildman–Crippen LogP) is 2.23. The highest BCUT2D eigenvalue weighted by Crippen LogP contribution is 2.35. The molecule has 2 heterocycles. The molecule has 0 spiro atoms. The van der Waals surface area contributed by atoms with Crippen molar-refractivity contribution in [2.45, 2.75) is 44.2 Å². The van der Waals surface area contributed by atoms with Crippen LogP contribution < -0.4 is 4.90 Å². The van der Waals surface area contributed by atoms with E-state index >= 15 is 0 Å². The number of anilines is 1. The maximum absolute atomic E-state index is 6.10. The fourth-order valence-corrected chi connectivity index (χ4v) is 3.71. The second kappa shape index (κ2) is 4.74. The van der Waals surface area contributed by atoms with E-state index in [-0.39, 0.29) is 0 Å². The predicted molar refractivity (Wildman–Crippen MR) is 72.2 cm³/mol. The van der Waals surface area contributed by atoms with Crippen molar-refractivity contribution in [1.82, 2.24) is 9.78 Å². The van der Waals surface area contributed by atoms with Crippen LogP contribution in [0.1, 0.15) is 30.5 Å². The average Bonchev–Trinajstić information content (AvgIpc) is 2.92. The summed E-state index contributed by atoms with van der Waals surface area (Å²) in [6.07, 6.45) is 4.07. The molecule has 4 nitrogen and oxygen atoms in total. The number of rotatable bonds is 2. The first kappa shape index (κ1) is 12.3. The summed E-state index contributed by atoms with van der Waals surface area (Å²) in [5.41, 5.74) is 2.22. The Morgan fingerprint density at radius 2 is 2.28 bits per heavy atom. The lowest BCUT2D eigenvalue weighted by Crippen LogP contribution is -2.49. The molecule has 1 aromatic heterocycles. The van der Waals surface area contributed by atoms with Crippen molar-refractivity contribution < 1.29 is 4.74 Å². The lowest BCUT2D eigenvalue weighted by Gasteiger charge is -2.39. The third-order valence-electron chi connectivity index (χ3n) is 4.20. The zero-order valence-corrected chi connectivity index (χ0v) is 11.8. The molecule has 2 fully saturated rings.